The van der Waals surface area contributed by atoms with Gasteiger partial charge in [-0.2, -0.15) is 0 Å². The van der Waals surface area contributed by atoms with Gasteiger partial charge in [-0.25, -0.2) is 4.79 Å². The lowest BCUT2D eigenvalue weighted by Gasteiger charge is -2.49. The SMILES string of the molecule is C=CC(=O)OC1CCC(C2CCC(N(C3CCCCC3)C3CCC(C)CC3)CC2)CC1. The molecule has 176 valence electrons. The summed E-state index contributed by atoms with van der Waals surface area (Å²) in [5, 5.41) is 0. The zero-order valence-corrected chi connectivity index (χ0v) is 20.1. The van der Waals surface area contributed by atoms with Crippen molar-refractivity contribution in [3.8, 4) is 0 Å². The van der Waals surface area contributed by atoms with E-state index in [4.69, 9.17) is 4.74 Å². The molecular formula is C28H47NO2. The number of hydrogen-bond acceptors (Lipinski definition) is 3. The molecule has 3 heteroatoms. The number of esters is 1. The van der Waals surface area contributed by atoms with Crippen molar-refractivity contribution in [1.29, 1.82) is 0 Å². The van der Waals surface area contributed by atoms with Crippen LogP contribution >= 0.6 is 0 Å². The standard InChI is InChI=1S/C28H47NO2/c1-3-28(30)31-27-19-13-23(14-20-27)22-11-17-26(18-12-22)29(24-7-5-4-6-8-24)25-15-9-21(2)10-16-25/h3,21-27H,1,4-20H2,2H3. The summed E-state index contributed by atoms with van der Waals surface area (Å²) in [7, 11) is 0. The van der Waals surface area contributed by atoms with Crippen molar-refractivity contribution in [2.24, 2.45) is 17.8 Å². The normalized spacial score (nSPS) is 38.0. The minimum atomic E-state index is -0.246. The first-order valence-corrected chi connectivity index (χ1v) is 13.7. The van der Waals surface area contributed by atoms with E-state index in [1.807, 2.05) is 0 Å². The van der Waals surface area contributed by atoms with Gasteiger partial charge in [-0.1, -0.05) is 32.8 Å². The van der Waals surface area contributed by atoms with Crippen molar-refractivity contribution in [3.05, 3.63) is 12.7 Å². The van der Waals surface area contributed by atoms with Gasteiger partial charge in [0.15, 0.2) is 0 Å². The van der Waals surface area contributed by atoms with E-state index in [1.54, 1.807) is 0 Å². The van der Waals surface area contributed by atoms with E-state index in [0.29, 0.717) is 0 Å². The van der Waals surface area contributed by atoms with E-state index in [1.165, 1.54) is 102 Å². The van der Waals surface area contributed by atoms with E-state index < -0.39 is 0 Å². The number of ether oxygens (including phenoxy) is 1. The number of rotatable bonds is 6. The second-order valence-electron chi connectivity index (χ2n) is 11.4. The smallest absolute Gasteiger partial charge is 0.330 e. The Bertz CT molecular complexity index is 560. The molecule has 0 aliphatic heterocycles. The molecule has 0 heterocycles. The van der Waals surface area contributed by atoms with Crippen molar-refractivity contribution >= 4 is 5.97 Å². The van der Waals surface area contributed by atoms with Crippen LogP contribution < -0.4 is 0 Å². The molecule has 0 saturated heterocycles. The fourth-order valence-corrected chi connectivity index (χ4v) is 7.58. The molecule has 0 aromatic heterocycles. The van der Waals surface area contributed by atoms with Gasteiger partial charge in [0, 0.05) is 24.2 Å². The van der Waals surface area contributed by atoms with Crippen LogP contribution in [-0.4, -0.2) is 35.1 Å². The van der Waals surface area contributed by atoms with E-state index in [9.17, 15) is 4.79 Å². The van der Waals surface area contributed by atoms with Crippen LogP contribution in [0.25, 0.3) is 0 Å². The first kappa shape index (κ1) is 23.3. The molecule has 0 aromatic rings. The number of nitrogens with zero attached hydrogens (tertiary/aromatic N) is 1. The zero-order chi connectivity index (χ0) is 21.6. The van der Waals surface area contributed by atoms with Gasteiger partial charge in [-0.05, 0) is 108 Å². The summed E-state index contributed by atoms with van der Waals surface area (Å²) in [6, 6.07) is 2.60. The Labute approximate surface area is 191 Å². The first-order valence-electron chi connectivity index (χ1n) is 13.7. The van der Waals surface area contributed by atoms with Gasteiger partial charge in [-0.15, -0.1) is 0 Å². The first-order chi connectivity index (χ1) is 15.1. The van der Waals surface area contributed by atoms with Crippen molar-refractivity contribution in [2.45, 2.75) is 140 Å². The minimum Gasteiger partial charge on any atom is -0.459 e. The second kappa shape index (κ2) is 11.3. The lowest BCUT2D eigenvalue weighted by atomic mass is 9.71. The Morgan fingerprint density at radius 3 is 1.74 bits per heavy atom. The molecule has 31 heavy (non-hydrogen) atoms. The zero-order valence-electron chi connectivity index (χ0n) is 20.1. The number of hydrogen-bond donors (Lipinski definition) is 0. The van der Waals surface area contributed by atoms with Gasteiger partial charge >= 0.3 is 5.97 Å². The summed E-state index contributed by atoms with van der Waals surface area (Å²) in [6.07, 6.45) is 24.8. The summed E-state index contributed by atoms with van der Waals surface area (Å²) in [6.45, 7) is 5.99. The maximum atomic E-state index is 11.5. The van der Waals surface area contributed by atoms with Crippen molar-refractivity contribution in [2.75, 3.05) is 0 Å². The molecule has 4 aliphatic carbocycles. The maximum absolute atomic E-state index is 11.5. The predicted octanol–water partition coefficient (Wildman–Crippen LogP) is 7.05. The molecule has 3 nitrogen and oxygen atoms in total. The van der Waals surface area contributed by atoms with Gasteiger partial charge in [0.2, 0.25) is 0 Å². The molecule has 0 aromatic carbocycles. The molecule has 0 bridgehead atoms. The van der Waals surface area contributed by atoms with Gasteiger partial charge in [0.25, 0.3) is 0 Å². The Hall–Kier alpha value is -0.830. The molecule has 4 saturated carbocycles. The topological polar surface area (TPSA) is 29.5 Å². The fraction of sp³-hybridized carbons (Fsp3) is 0.893. The third kappa shape index (κ3) is 6.15. The second-order valence-corrected chi connectivity index (χ2v) is 11.4. The summed E-state index contributed by atoms with van der Waals surface area (Å²) in [5.74, 6) is 2.47. The maximum Gasteiger partial charge on any atom is 0.330 e. The van der Waals surface area contributed by atoms with E-state index >= 15 is 0 Å². The van der Waals surface area contributed by atoms with Crippen molar-refractivity contribution in [1.82, 2.24) is 4.90 Å². The van der Waals surface area contributed by atoms with E-state index in [-0.39, 0.29) is 12.1 Å². The average Bonchev–Trinajstić information content (AvgIpc) is 2.82. The molecule has 4 fully saturated rings. The Balaban J connectivity index is 1.29. The minimum absolute atomic E-state index is 0.133. The molecular weight excluding hydrogens is 382 g/mol. The lowest BCUT2D eigenvalue weighted by Crippen LogP contribution is -2.52. The Morgan fingerprint density at radius 1 is 0.710 bits per heavy atom. The van der Waals surface area contributed by atoms with Gasteiger partial charge in [-0.3, -0.25) is 4.90 Å². The largest absolute Gasteiger partial charge is 0.459 e. The van der Waals surface area contributed by atoms with Crippen LogP contribution in [0.1, 0.15) is 116 Å². The third-order valence-electron chi connectivity index (χ3n) is 9.40. The molecule has 4 rings (SSSR count). The monoisotopic (exact) mass is 429 g/mol. The van der Waals surface area contributed by atoms with Crippen molar-refractivity contribution in [3.63, 3.8) is 0 Å². The highest BCUT2D eigenvalue weighted by atomic mass is 16.5. The average molecular weight is 430 g/mol. The summed E-state index contributed by atoms with van der Waals surface area (Å²) < 4.78 is 5.50. The molecule has 0 radical (unpaired) electrons. The molecule has 0 unspecified atom stereocenters. The van der Waals surface area contributed by atoms with Crippen LogP contribution in [0.15, 0.2) is 12.7 Å². The highest BCUT2D eigenvalue weighted by Gasteiger charge is 2.38. The van der Waals surface area contributed by atoms with Crippen LogP contribution in [0.3, 0.4) is 0 Å². The van der Waals surface area contributed by atoms with Crippen LogP contribution in [0, 0.1) is 17.8 Å². The summed E-state index contributed by atoms with van der Waals surface area (Å²) in [5.41, 5.74) is 0. The number of carbonyl (C=O) groups is 1. The predicted molar refractivity (Wildman–Crippen MR) is 128 cm³/mol. The van der Waals surface area contributed by atoms with Crippen LogP contribution in [0.4, 0.5) is 0 Å². The summed E-state index contributed by atoms with van der Waals surface area (Å²) >= 11 is 0. The van der Waals surface area contributed by atoms with Crippen molar-refractivity contribution < 1.29 is 9.53 Å². The lowest BCUT2D eigenvalue weighted by molar-refractivity contribution is -0.145. The molecule has 0 atom stereocenters. The Morgan fingerprint density at radius 2 is 1.19 bits per heavy atom. The summed E-state index contributed by atoms with van der Waals surface area (Å²) in [4.78, 5) is 14.6. The Kier molecular flexibility index (Phi) is 8.54. The van der Waals surface area contributed by atoms with Gasteiger partial charge < -0.3 is 4.74 Å². The number of carbonyl (C=O) groups excluding carboxylic acids is 1. The quantitative estimate of drug-likeness (QED) is 0.335. The molecule has 4 aliphatic rings. The highest BCUT2D eigenvalue weighted by molar-refractivity contribution is 5.81. The van der Waals surface area contributed by atoms with E-state index in [0.717, 1.165) is 48.7 Å². The van der Waals surface area contributed by atoms with Crippen LogP contribution in [-0.2, 0) is 9.53 Å². The molecule has 0 N–H and O–H groups in total. The van der Waals surface area contributed by atoms with Crippen LogP contribution in [0.5, 0.6) is 0 Å². The van der Waals surface area contributed by atoms with Crippen LogP contribution in [0.2, 0.25) is 0 Å². The molecule has 0 amide bonds. The van der Waals surface area contributed by atoms with Gasteiger partial charge in [0.05, 0.1) is 0 Å². The fourth-order valence-electron chi connectivity index (χ4n) is 7.58. The highest BCUT2D eigenvalue weighted by Crippen LogP contribution is 2.42. The third-order valence-corrected chi connectivity index (χ3v) is 9.40. The van der Waals surface area contributed by atoms with Gasteiger partial charge in [0.1, 0.15) is 6.10 Å². The molecule has 0 spiro atoms. The van der Waals surface area contributed by atoms with E-state index in [2.05, 4.69) is 18.4 Å².